The molecule has 0 radical (unpaired) electrons. The van der Waals surface area contributed by atoms with Crippen molar-refractivity contribution >= 4 is 12.4 Å². The van der Waals surface area contributed by atoms with Gasteiger partial charge >= 0.3 is 0 Å². The topological polar surface area (TPSA) is 43.1 Å². The van der Waals surface area contributed by atoms with E-state index in [1.165, 1.54) is 0 Å². The zero-order valence-corrected chi connectivity index (χ0v) is 7.44. The van der Waals surface area contributed by atoms with Crippen LogP contribution in [0.25, 0.3) is 6.08 Å². The van der Waals surface area contributed by atoms with Gasteiger partial charge in [-0.25, -0.2) is 0 Å². The molecule has 2 nitrogen and oxygen atoms in total. The lowest BCUT2D eigenvalue weighted by molar-refractivity contribution is -0.108. The Morgan fingerprint density at radius 3 is 2.92 bits per heavy atom. The van der Waals surface area contributed by atoms with E-state index in [0.717, 1.165) is 17.4 Å². The van der Waals surface area contributed by atoms with Crippen molar-refractivity contribution in [3.05, 3.63) is 42.0 Å². The van der Waals surface area contributed by atoms with Crippen LogP contribution in [0.2, 0.25) is 0 Å². The Kier molecular flexibility index (Phi) is 3.41. The van der Waals surface area contributed by atoms with Crippen LogP contribution in [0, 0.1) is 0 Å². The van der Waals surface area contributed by atoms with Crippen LogP contribution in [-0.2, 0) is 11.2 Å². The fraction of sp³-hybridized carbons (Fsp3) is 0.182. The van der Waals surface area contributed by atoms with Crippen LogP contribution in [0.1, 0.15) is 11.1 Å². The van der Waals surface area contributed by atoms with E-state index in [-0.39, 0.29) is 0 Å². The first-order chi connectivity index (χ1) is 6.26. The van der Waals surface area contributed by atoms with E-state index in [9.17, 15) is 4.79 Å². The number of benzene rings is 1. The maximum absolute atomic E-state index is 10.3. The Bertz CT molecular complexity index is 307. The zero-order valence-electron chi connectivity index (χ0n) is 7.44. The lowest BCUT2D eigenvalue weighted by Crippen LogP contribution is -2.23. The first-order valence-corrected chi connectivity index (χ1v) is 4.18. The number of aldehydes is 1. The maximum atomic E-state index is 10.3. The van der Waals surface area contributed by atoms with Crippen LogP contribution in [0.3, 0.4) is 0 Å². The summed E-state index contributed by atoms with van der Waals surface area (Å²) in [7, 11) is 0. The summed E-state index contributed by atoms with van der Waals surface area (Å²) < 4.78 is 0. The van der Waals surface area contributed by atoms with Gasteiger partial charge in [0.05, 0.1) is 6.04 Å². The number of hydrogen-bond acceptors (Lipinski definition) is 2. The number of hydrogen-bond donors (Lipinski definition) is 1. The van der Waals surface area contributed by atoms with Crippen molar-refractivity contribution in [1.82, 2.24) is 0 Å². The largest absolute Gasteiger partial charge is 0.321 e. The third-order valence-electron chi connectivity index (χ3n) is 1.83. The second-order valence-corrected chi connectivity index (χ2v) is 2.95. The molecule has 0 saturated heterocycles. The van der Waals surface area contributed by atoms with Gasteiger partial charge in [0.25, 0.3) is 0 Å². The van der Waals surface area contributed by atoms with Crippen LogP contribution >= 0.6 is 0 Å². The van der Waals surface area contributed by atoms with E-state index in [1.54, 1.807) is 6.08 Å². The van der Waals surface area contributed by atoms with E-state index in [4.69, 9.17) is 5.73 Å². The molecule has 0 spiro atoms. The molecule has 2 N–H and O–H groups in total. The van der Waals surface area contributed by atoms with Crippen molar-refractivity contribution in [2.75, 3.05) is 0 Å². The molecule has 0 saturated carbocycles. The van der Waals surface area contributed by atoms with Gasteiger partial charge in [0, 0.05) is 0 Å². The van der Waals surface area contributed by atoms with Gasteiger partial charge in [-0.15, -0.1) is 0 Å². The van der Waals surface area contributed by atoms with Gasteiger partial charge in [0.1, 0.15) is 6.29 Å². The normalized spacial score (nSPS) is 12.1. The molecule has 0 aromatic heterocycles. The van der Waals surface area contributed by atoms with Crippen molar-refractivity contribution in [2.45, 2.75) is 12.5 Å². The molecule has 1 atom stereocenters. The molecule has 1 aromatic carbocycles. The standard InChI is InChI=1S/C11H13NO/c1-2-9-4-3-5-10(6-9)7-11(12)8-13/h2-6,8,11H,1,7,12H2. The van der Waals surface area contributed by atoms with Gasteiger partial charge in [-0.05, 0) is 17.5 Å². The monoisotopic (exact) mass is 175 g/mol. The summed E-state index contributed by atoms with van der Waals surface area (Å²) in [5, 5.41) is 0. The average Bonchev–Trinajstić information content (AvgIpc) is 2.18. The molecule has 1 aromatic rings. The fourth-order valence-electron chi connectivity index (χ4n) is 1.17. The van der Waals surface area contributed by atoms with Crippen molar-refractivity contribution in [2.24, 2.45) is 5.73 Å². The van der Waals surface area contributed by atoms with E-state index >= 15 is 0 Å². The van der Waals surface area contributed by atoms with Gasteiger partial charge in [0.2, 0.25) is 0 Å². The van der Waals surface area contributed by atoms with Gasteiger partial charge in [-0.3, -0.25) is 0 Å². The Balaban J connectivity index is 2.77. The molecule has 0 bridgehead atoms. The van der Waals surface area contributed by atoms with E-state index in [1.807, 2.05) is 24.3 Å². The van der Waals surface area contributed by atoms with Gasteiger partial charge in [-0.1, -0.05) is 36.9 Å². The highest BCUT2D eigenvalue weighted by Crippen LogP contribution is 2.07. The summed E-state index contributed by atoms with van der Waals surface area (Å²) >= 11 is 0. The molecule has 0 aliphatic heterocycles. The number of nitrogens with two attached hydrogens (primary N) is 1. The molecule has 1 rings (SSSR count). The Morgan fingerprint density at radius 2 is 2.31 bits per heavy atom. The van der Waals surface area contributed by atoms with Crippen LogP contribution in [-0.4, -0.2) is 12.3 Å². The summed E-state index contributed by atoms with van der Waals surface area (Å²) in [5.41, 5.74) is 7.62. The zero-order chi connectivity index (χ0) is 9.68. The van der Waals surface area contributed by atoms with Crippen LogP contribution in [0.15, 0.2) is 30.8 Å². The minimum absolute atomic E-state index is 0.403. The van der Waals surface area contributed by atoms with Gasteiger partial charge < -0.3 is 10.5 Å². The minimum atomic E-state index is -0.403. The lowest BCUT2D eigenvalue weighted by atomic mass is 10.0. The molecule has 0 aliphatic carbocycles. The predicted molar refractivity (Wildman–Crippen MR) is 54.3 cm³/mol. The van der Waals surface area contributed by atoms with Crippen molar-refractivity contribution < 1.29 is 4.79 Å². The summed E-state index contributed by atoms with van der Waals surface area (Å²) in [6.45, 7) is 3.67. The van der Waals surface area contributed by atoms with Crippen LogP contribution < -0.4 is 5.73 Å². The molecule has 1 unspecified atom stereocenters. The first kappa shape index (κ1) is 9.68. The highest BCUT2D eigenvalue weighted by atomic mass is 16.1. The fourth-order valence-corrected chi connectivity index (χ4v) is 1.17. The van der Waals surface area contributed by atoms with Gasteiger partial charge in [0.15, 0.2) is 0 Å². The molecule has 0 aliphatic rings. The second kappa shape index (κ2) is 4.58. The summed E-state index contributed by atoms with van der Waals surface area (Å²) in [6, 6.07) is 7.43. The molecule has 0 heterocycles. The number of rotatable bonds is 4. The average molecular weight is 175 g/mol. The highest BCUT2D eigenvalue weighted by molar-refractivity contribution is 5.58. The Labute approximate surface area is 78.1 Å². The maximum Gasteiger partial charge on any atom is 0.137 e. The smallest absolute Gasteiger partial charge is 0.137 e. The van der Waals surface area contributed by atoms with Crippen molar-refractivity contribution in [3.8, 4) is 0 Å². The molecular weight excluding hydrogens is 162 g/mol. The molecule has 0 amide bonds. The Morgan fingerprint density at radius 1 is 1.54 bits per heavy atom. The second-order valence-electron chi connectivity index (χ2n) is 2.95. The van der Waals surface area contributed by atoms with Crippen molar-refractivity contribution in [1.29, 1.82) is 0 Å². The van der Waals surface area contributed by atoms with Gasteiger partial charge in [-0.2, -0.15) is 0 Å². The minimum Gasteiger partial charge on any atom is -0.321 e. The summed E-state index contributed by atoms with van der Waals surface area (Å²) in [6.07, 6.45) is 3.13. The number of carbonyl (C=O) groups excluding carboxylic acids is 1. The van der Waals surface area contributed by atoms with Crippen LogP contribution in [0.5, 0.6) is 0 Å². The first-order valence-electron chi connectivity index (χ1n) is 4.18. The summed E-state index contributed by atoms with van der Waals surface area (Å²) in [4.78, 5) is 10.3. The summed E-state index contributed by atoms with van der Waals surface area (Å²) in [5.74, 6) is 0. The van der Waals surface area contributed by atoms with Crippen molar-refractivity contribution in [3.63, 3.8) is 0 Å². The van der Waals surface area contributed by atoms with E-state index in [0.29, 0.717) is 6.42 Å². The lowest BCUT2D eigenvalue weighted by Gasteiger charge is -2.04. The Hall–Kier alpha value is -1.41. The number of carbonyl (C=O) groups is 1. The SMILES string of the molecule is C=Cc1cccc(CC(N)C=O)c1. The molecule has 2 heteroatoms. The third-order valence-corrected chi connectivity index (χ3v) is 1.83. The molecule has 0 fully saturated rings. The van der Waals surface area contributed by atoms with Crippen LogP contribution in [0.4, 0.5) is 0 Å². The quantitative estimate of drug-likeness (QED) is 0.703. The highest BCUT2D eigenvalue weighted by Gasteiger charge is 2.01. The third kappa shape index (κ3) is 2.84. The molecular formula is C11H13NO. The predicted octanol–water partition coefficient (Wildman–Crippen LogP) is 1.40. The van der Waals surface area contributed by atoms with E-state index < -0.39 is 6.04 Å². The molecule has 68 valence electrons. The molecule has 13 heavy (non-hydrogen) atoms. The van der Waals surface area contributed by atoms with E-state index in [2.05, 4.69) is 6.58 Å².